The normalized spacial score (nSPS) is 10.3. The number of carbonyl (C=O) groups is 4. The number of amides is 1. The molecule has 3 rings (SSSR count). The molecule has 0 saturated heterocycles. The highest BCUT2D eigenvalue weighted by molar-refractivity contribution is 7.07. The summed E-state index contributed by atoms with van der Waals surface area (Å²) in [5, 5.41) is 12.9. The van der Waals surface area contributed by atoms with Gasteiger partial charge in [-0.25, -0.2) is 4.79 Å². The number of hydrogen-bond acceptors (Lipinski definition) is 7. The van der Waals surface area contributed by atoms with Crippen molar-refractivity contribution in [2.24, 2.45) is 0 Å². The summed E-state index contributed by atoms with van der Waals surface area (Å²) in [5.41, 5.74) is 1.50. The molecule has 0 aliphatic rings. The Labute approximate surface area is 187 Å². The van der Waals surface area contributed by atoms with Gasteiger partial charge in [0.2, 0.25) is 0 Å². The Kier molecular flexibility index (Phi) is 7.01. The Hall–Kier alpha value is -3.98. The summed E-state index contributed by atoms with van der Waals surface area (Å²) in [7, 11) is 0. The summed E-state index contributed by atoms with van der Waals surface area (Å²) in [4.78, 5) is 49.0. The van der Waals surface area contributed by atoms with Crippen LogP contribution in [0.25, 0.3) is 0 Å². The van der Waals surface area contributed by atoms with Gasteiger partial charge in [-0.1, -0.05) is 0 Å². The van der Waals surface area contributed by atoms with Crippen molar-refractivity contribution in [2.45, 2.75) is 20.4 Å². The molecule has 2 aromatic carbocycles. The van der Waals surface area contributed by atoms with Gasteiger partial charge in [-0.2, -0.15) is 11.3 Å². The minimum atomic E-state index is -1.08. The zero-order valence-electron chi connectivity index (χ0n) is 17.2. The van der Waals surface area contributed by atoms with Crippen LogP contribution in [0.2, 0.25) is 0 Å². The number of ether oxygens (including phenoxy) is 2. The van der Waals surface area contributed by atoms with Crippen molar-refractivity contribution in [1.29, 1.82) is 0 Å². The molecule has 0 aliphatic carbocycles. The SMILES string of the molecule is CC(=O)Oc1ccc(C(=O)N(Cc2ccsc2)c2ccc(C(=O)O)cc2)c(OC(C)=O)c1. The predicted octanol–water partition coefficient (Wildman–Crippen LogP) is 4.14. The number of thiophene rings is 1. The van der Waals surface area contributed by atoms with Gasteiger partial charge in [0.25, 0.3) is 5.91 Å². The average molecular weight is 453 g/mol. The van der Waals surface area contributed by atoms with E-state index in [9.17, 15) is 19.2 Å². The summed E-state index contributed by atoms with van der Waals surface area (Å²) >= 11 is 1.48. The number of benzene rings is 2. The van der Waals surface area contributed by atoms with Gasteiger partial charge in [0.15, 0.2) is 0 Å². The fourth-order valence-electron chi connectivity index (χ4n) is 2.92. The van der Waals surface area contributed by atoms with E-state index in [0.717, 1.165) is 5.56 Å². The Morgan fingerprint density at radius 1 is 0.938 bits per heavy atom. The number of carboxylic acids is 1. The number of aromatic carboxylic acids is 1. The molecular weight excluding hydrogens is 434 g/mol. The molecule has 1 N–H and O–H groups in total. The molecule has 0 radical (unpaired) electrons. The molecule has 1 heterocycles. The lowest BCUT2D eigenvalue weighted by Gasteiger charge is -2.24. The first kappa shape index (κ1) is 22.7. The van der Waals surface area contributed by atoms with E-state index < -0.39 is 23.8 Å². The van der Waals surface area contributed by atoms with Crippen LogP contribution in [0.4, 0.5) is 5.69 Å². The van der Waals surface area contributed by atoms with Crippen LogP contribution in [-0.4, -0.2) is 28.9 Å². The highest BCUT2D eigenvalue weighted by Crippen LogP contribution is 2.29. The lowest BCUT2D eigenvalue weighted by molar-refractivity contribution is -0.132. The fraction of sp³-hybridized carbons (Fsp3) is 0.130. The van der Waals surface area contributed by atoms with Gasteiger partial charge in [0.1, 0.15) is 11.5 Å². The standard InChI is InChI=1S/C23H19NO7S/c1-14(25)30-19-7-8-20(21(11-19)31-15(2)26)22(27)24(12-16-9-10-32-13-16)18-5-3-17(4-6-18)23(28)29/h3-11,13H,12H2,1-2H3,(H,28,29). The molecule has 0 unspecified atom stereocenters. The van der Waals surface area contributed by atoms with E-state index in [0.29, 0.717) is 5.69 Å². The van der Waals surface area contributed by atoms with E-state index in [1.807, 2.05) is 16.8 Å². The molecule has 0 spiro atoms. The van der Waals surface area contributed by atoms with E-state index >= 15 is 0 Å². The molecular formula is C23H19NO7S. The number of esters is 2. The van der Waals surface area contributed by atoms with Crippen molar-refractivity contribution in [3.63, 3.8) is 0 Å². The second-order valence-electron chi connectivity index (χ2n) is 6.72. The van der Waals surface area contributed by atoms with Crippen LogP contribution >= 0.6 is 11.3 Å². The minimum Gasteiger partial charge on any atom is -0.478 e. The van der Waals surface area contributed by atoms with E-state index in [4.69, 9.17) is 14.6 Å². The molecule has 32 heavy (non-hydrogen) atoms. The molecule has 0 saturated carbocycles. The maximum Gasteiger partial charge on any atom is 0.335 e. The van der Waals surface area contributed by atoms with Crippen LogP contribution in [0.15, 0.2) is 59.3 Å². The van der Waals surface area contributed by atoms with Gasteiger partial charge < -0.3 is 19.5 Å². The second-order valence-corrected chi connectivity index (χ2v) is 7.50. The number of hydrogen-bond donors (Lipinski definition) is 1. The summed E-state index contributed by atoms with van der Waals surface area (Å²) in [6.45, 7) is 2.63. The second kappa shape index (κ2) is 9.88. The Morgan fingerprint density at radius 3 is 2.19 bits per heavy atom. The molecule has 0 bridgehead atoms. The van der Waals surface area contributed by atoms with Crippen molar-refractivity contribution in [3.8, 4) is 11.5 Å². The van der Waals surface area contributed by atoms with Crippen LogP contribution in [0, 0.1) is 0 Å². The van der Waals surface area contributed by atoms with Gasteiger partial charge >= 0.3 is 17.9 Å². The highest BCUT2D eigenvalue weighted by Gasteiger charge is 2.24. The first-order valence-electron chi connectivity index (χ1n) is 9.42. The van der Waals surface area contributed by atoms with Crippen LogP contribution in [-0.2, 0) is 16.1 Å². The molecule has 0 fully saturated rings. The molecule has 0 atom stereocenters. The van der Waals surface area contributed by atoms with Gasteiger partial charge in [0, 0.05) is 25.6 Å². The molecule has 164 valence electrons. The van der Waals surface area contributed by atoms with Crippen molar-refractivity contribution >= 4 is 40.8 Å². The molecule has 9 heteroatoms. The van der Waals surface area contributed by atoms with Crippen molar-refractivity contribution in [3.05, 3.63) is 76.0 Å². The third kappa shape index (κ3) is 5.58. The van der Waals surface area contributed by atoms with Gasteiger partial charge in [-0.05, 0) is 58.8 Å². The summed E-state index contributed by atoms with van der Waals surface area (Å²) in [6, 6.07) is 11.9. The molecule has 1 aromatic heterocycles. The quantitative estimate of drug-likeness (QED) is 0.423. The van der Waals surface area contributed by atoms with Crippen LogP contribution < -0.4 is 14.4 Å². The molecule has 0 aliphatic heterocycles. The summed E-state index contributed by atoms with van der Waals surface area (Å²) in [6.07, 6.45) is 0. The largest absolute Gasteiger partial charge is 0.478 e. The van der Waals surface area contributed by atoms with Crippen LogP contribution in [0.5, 0.6) is 11.5 Å². The predicted molar refractivity (Wildman–Crippen MR) is 117 cm³/mol. The summed E-state index contributed by atoms with van der Waals surface area (Å²) in [5.74, 6) is -2.70. The van der Waals surface area contributed by atoms with Gasteiger partial charge in [-0.15, -0.1) is 0 Å². The molecule has 3 aromatic rings. The van der Waals surface area contributed by atoms with Crippen molar-refractivity contribution in [2.75, 3.05) is 4.90 Å². The zero-order valence-corrected chi connectivity index (χ0v) is 18.0. The van der Waals surface area contributed by atoms with Crippen molar-refractivity contribution < 1.29 is 33.8 Å². The lowest BCUT2D eigenvalue weighted by atomic mass is 10.1. The maximum absolute atomic E-state index is 13.5. The smallest absolute Gasteiger partial charge is 0.335 e. The monoisotopic (exact) mass is 453 g/mol. The molecule has 1 amide bonds. The van der Waals surface area contributed by atoms with Crippen molar-refractivity contribution in [1.82, 2.24) is 0 Å². The average Bonchev–Trinajstić information content (AvgIpc) is 3.24. The number of carbonyl (C=O) groups excluding carboxylic acids is 3. The van der Waals surface area contributed by atoms with E-state index in [1.165, 1.54) is 72.5 Å². The van der Waals surface area contributed by atoms with Gasteiger partial charge in [-0.3, -0.25) is 14.4 Å². The number of rotatable bonds is 7. The van der Waals surface area contributed by atoms with E-state index in [2.05, 4.69) is 0 Å². The Balaban J connectivity index is 2.03. The van der Waals surface area contributed by atoms with Crippen LogP contribution in [0.1, 0.15) is 40.1 Å². The fourth-order valence-corrected chi connectivity index (χ4v) is 3.58. The summed E-state index contributed by atoms with van der Waals surface area (Å²) < 4.78 is 10.2. The third-order valence-corrected chi connectivity index (χ3v) is 5.02. The zero-order chi connectivity index (χ0) is 23.3. The van der Waals surface area contributed by atoms with E-state index in [1.54, 1.807) is 0 Å². The molecule has 8 nitrogen and oxygen atoms in total. The Bertz CT molecular complexity index is 1150. The highest BCUT2D eigenvalue weighted by atomic mass is 32.1. The lowest BCUT2D eigenvalue weighted by Crippen LogP contribution is -2.31. The Morgan fingerprint density at radius 2 is 1.62 bits per heavy atom. The third-order valence-electron chi connectivity index (χ3n) is 4.29. The van der Waals surface area contributed by atoms with E-state index in [-0.39, 0.29) is 29.2 Å². The number of carboxylic acid groups (broad SMARTS) is 1. The first-order valence-corrected chi connectivity index (χ1v) is 10.4. The maximum atomic E-state index is 13.5. The van der Waals surface area contributed by atoms with Crippen LogP contribution in [0.3, 0.4) is 0 Å². The number of nitrogens with zero attached hydrogens (tertiary/aromatic N) is 1. The van der Waals surface area contributed by atoms with Gasteiger partial charge in [0.05, 0.1) is 17.7 Å². The topological polar surface area (TPSA) is 110 Å². The minimum absolute atomic E-state index is 0.0567. The number of anilines is 1. The first-order chi connectivity index (χ1) is 15.2.